The molecule has 0 amide bonds. The van der Waals surface area contributed by atoms with Crippen LogP contribution in [0, 0.1) is 30.6 Å². The van der Waals surface area contributed by atoms with Crippen LogP contribution in [-0.2, 0) is 6.42 Å². The van der Waals surface area contributed by atoms with Gasteiger partial charge in [-0.25, -0.2) is 0 Å². The summed E-state index contributed by atoms with van der Waals surface area (Å²) in [5.41, 5.74) is 3.34. The van der Waals surface area contributed by atoms with Crippen LogP contribution >= 0.6 is 0 Å². The molecular formula is C16H24N2O. The first kappa shape index (κ1) is 15.5. The number of aryl methyl sites for hydroxylation is 2. The molecule has 0 bridgehead atoms. The molecule has 0 saturated carbocycles. The highest BCUT2D eigenvalue weighted by Crippen LogP contribution is 2.25. The van der Waals surface area contributed by atoms with Gasteiger partial charge in [-0.15, -0.1) is 0 Å². The van der Waals surface area contributed by atoms with E-state index in [0.717, 1.165) is 18.7 Å². The van der Waals surface area contributed by atoms with Gasteiger partial charge in [-0.3, -0.25) is 0 Å². The molecule has 104 valence electrons. The van der Waals surface area contributed by atoms with Crippen LogP contribution in [0.3, 0.4) is 0 Å². The Labute approximate surface area is 116 Å². The lowest BCUT2D eigenvalue weighted by Gasteiger charge is -2.17. The highest BCUT2D eigenvalue weighted by Gasteiger charge is 2.15. The fourth-order valence-corrected chi connectivity index (χ4v) is 2.18. The third kappa shape index (κ3) is 4.57. The average Bonchev–Trinajstić information content (AvgIpc) is 2.34. The smallest absolute Gasteiger partial charge is 0.125 e. The van der Waals surface area contributed by atoms with Gasteiger partial charge >= 0.3 is 0 Å². The van der Waals surface area contributed by atoms with Crippen molar-refractivity contribution in [1.82, 2.24) is 5.32 Å². The van der Waals surface area contributed by atoms with E-state index in [9.17, 15) is 0 Å². The minimum Gasteiger partial charge on any atom is -0.496 e. The van der Waals surface area contributed by atoms with Crippen LogP contribution in [0.25, 0.3) is 0 Å². The van der Waals surface area contributed by atoms with E-state index < -0.39 is 0 Å². The molecule has 3 nitrogen and oxygen atoms in total. The van der Waals surface area contributed by atoms with Crippen molar-refractivity contribution in [3.63, 3.8) is 0 Å². The third-order valence-electron chi connectivity index (χ3n) is 3.14. The van der Waals surface area contributed by atoms with Gasteiger partial charge in [0.2, 0.25) is 0 Å². The van der Waals surface area contributed by atoms with E-state index in [-0.39, 0.29) is 5.41 Å². The van der Waals surface area contributed by atoms with Crippen LogP contribution in [0.1, 0.15) is 30.5 Å². The van der Waals surface area contributed by atoms with E-state index in [1.807, 2.05) is 13.8 Å². The number of nitrogens with one attached hydrogen (secondary N) is 1. The van der Waals surface area contributed by atoms with Gasteiger partial charge in [-0.05, 0) is 51.8 Å². The van der Waals surface area contributed by atoms with Crippen LogP contribution in [0.5, 0.6) is 5.75 Å². The summed E-state index contributed by atoms with van der Waals surface area (Å²) in [4.78, 5) is 0. The normalized spacial score (nSPS) is 11.2. The molecule has 1 rings (SSSR count). The predicted molar refractivity (Wildman–Crippen MR) is 78.4 cm³/mol. The molecule has 0 spiro atoms. The SMILES string of the molecule is COc1c(C)cc(C)cc1CCNCC(C)(C)C#N. The standard InChI is InChI=1S/C16H24N2O/c1-12-8-13(2)15(19-5)14(9-12)6-7-18-11-16(3,4)10-17/h8-9,18H,6-7,11H2,1-5H3. The Hall–Kier alpha value is -1.53. The number of nitriles is 1. The zero-order valence-electron chi connectivity index (χ0n) is 12.6. The lowest BCUT2D eigenvalue weighted by molar-refractivity contribution is 0.404. The van der Waals surface area contributed by atoms with Crippen LogP contribution in [-0.4, -0.2) is 20.2 Å². The molecule has 0 radical (unpaired) electrons. The Balaban J connectivity index is 2.61. The van der Waals surface area contributed by atoms with E-state index in [2.05, 4.69) is 37.4 Å². The summed E-state index contributed by atoms with van der Waals surface area (Å²) in [5, 5.41) is 12.3. The molecule has 0 saturated heterocycles. The summed E-state index contributed by atoms with van der Waals surface area (Å²) in [6.45, 7) is 9.61. The van der Waals surface area contributed by atoms with Gasteiger partial charge in [-0.2, -0.15) is 5.26 Å². The van der Waals surface area contributed by atoms with E-state index in [4.69, 9.17) is 10.00 Å². The van der Waals surface area contributed by atoms with E-state index in [0.29, 0.717) is 6.54 Å². The highest BCUT2D eigenvalue weighted by molar-refractivity contribution is 5.43. The monoisotopic (exact) mass is 260 g/mol. The van der Waals surface area contributed by atoms with Gasteiger partial charge in [0.05, 0.1) is 18.6 Å². The number of ether oxygens (including phenoxy) is 1. The van der Waals surface area contributed by atoms with Crippen molar-refractivity contribution in [1.29, 1.82) is 5.26 Å². The predicted octanol–water partition coefficient (Wildman–Crippen LogP) is 2.99. The molecule has 0 heterocycles. The Morgan fingerprint density at radius 2 is 2.00 bits per heavy atom. The van der Waals surface area contributed by atoms with Crippen molar-refractivity contribution in [2.45, 2.75) is 34.1 Å². The Morgan fingerprint density at radius 1 is 1.32 bits per heavy atom. The summed E-state index contributed by atoms with van der Waals surface area (Å²) in [6.07, 6.45) is 0.910. The number of rotatable bonds is 6. The minimum absolute atomic E-state index is 0.313. The molecule has 1 aromatic carbocycles. The molecule has 0 fully saturated rings. The fraction of sp³-hybridized carbons (Fsp3) is 0.562. The molecule has 3 heteroatoms. The molecule has 0 atom stereocenters. The Morgan fingerprint density at radius 3 is 2.58 bits per heavy atom. The lowest BCUT2D eigenvalue weighted by atomic mass is 9.96. The Bertz CT molecular complexity index is 472. The van der Waals surface area contributed by atoms with Crippen molar-refractivity contribution in [2.24, 2.45) is 5.41 Å². The molecule has 0 aliphatic heterocycles. The maximum Gasteiger partial charge on any atom is 0.125 e. The van der Waals surface area contributed by atoms with Gasteiger partial charge in [0.25, 0.3) is 0 Å². The zero-order chi connectivity index (χ0) is 14.5. The van der Waals surface area contributed by atoms with Gasteiger partial charge in [0.15, 0.2) is 0 Å². The molecule has 1 N–H and O–H groups in total. The van der Waals surface area contributed by atoms with Gasteiger partial charge < -0.3 is 10.1 Å². The number of hydrogen-bond donors (Lipinski definition) is 1. The number of methoxy groups -OCH3 is 1. The number of hydrogen-bond acceptors (Lipinski definition) is 3. The maximum absolute atomic E-state index is 8.96. The molecule has 0 aliphatic carbocycles. The van der Waals surface area contributed by atoms with Crippen molar-refractivity contribution in [3.05, 3.63) is 28.8 Å². The highest BCUT2D eigenvalue weighted by atomic mass is 16.5. The number of nitrogens with zero attached hydrogens (tertiary/aromatic N) is 1. The second kappa shape index (κ2) is 6.58. The first-order valence-corrected chi connectivity index (χ1v) is 6.65. The van der Waals surface area contributed by atoms with E-state index in [1.165, 1.54) is 16.7 Å². The van der Waals surface area contributed by atoms with Crippen molar-refractivity contribution < 1.29 is 4.74 Å². The molecular weight excluding hydrogens is 236 g/mol. The minimum atomic E-state index is -0.313. The largest absolute Gasteiger partial charge is 0.496 e. The van der Waals surface area contributed by atoms with E-state index >= 15 is 0 Å². The number of benzene rings is 1. The summed E-state index contributed by atoms with van der Waals surface area (Å²) in [5.74, 6) is 0.979. The summed E-state index contributed by atoms with van der Waals surface area (Å²) in [6, 6.07) is 6.60. The van der Waals surface area contributed by atoms with E-state index in [1.54, 1.807) is 7.11 Å². The fourth-order valence-electron chi connectivity index (χ4n) is 2.18. The average molecular weight is 260 g/mol. The van der Waals surface area contributed by atoms with Crippen LogP contribution < -0.4 is 10.1 Å². The Kier molecular flexibility index (Phi) is 5.38. The van der Waals surface area contributed by atoms with Gasteiger partial charge in [-0.1, -0.05) is 17.7 Å². The van der Waals surface area contributed by atoms with Crippen LogP contribution in [0.15, 0.2) is 12.1 Å². The second-order valence-electron chi connectivity index (χ2n) is 5.70. The topological polar surface area (TPSA) is 45.0 Å². The zero-order valence-corrected chi connectivity index (χ0v) is 12.6. The van der Waals surface area contributed by atoms with Gasteiger partial charge in [0.1, 0.15) is 5.75 Å². The molecule has 0 aromatic heterocycles. The van der Waals surface area contributed by atoms with Crippen LogP contribution in [0.2, 0.25) is 0 Å². The summed E-state index contributed by atoms with van der Waals surface area (Å²) >= 11 is 0. The summed E-state index contributed by atoms with van der Waals surface area (Å²) in [7, 11) is 1.72. The van der Waals surface area contributed by atoms with Gasteiger partial charge in [0, 0.05) is 6.54 Å². The molecule has 1 aromatic rings. The third-order valence-corrected chi connectivity index (χ3v) is 3.14. The first-order valence-electron chi connectivity index (χ1n) is 6.65. The summed E-state index contributed by atoms with van der Waals surface area (Å²) < 4.78 is 5.47. The lowest BCUT2D eigenvalue weighted by Crippen LogP contribution is -2.29. The second-order valence-corrected chi connectivity index (χ2v) is 5.70. The van der Waals surface area contributed by atoms with Crippen molar-refractivity contribution >= 4 is 0 Å². The first-order chi connectivity index (χ1) is 8.89. The van der Waals surface area contributed by atoms with Crippen LogP contribution in [0.4, 0.5) is 0 Å². The quantitative estimate of drug-likeness (QED) is 0.800. The van der Waals surface area contributed by atoms with Crippen molar-refractivity contribution in [3.8, 4) is 11.8 Å². The molecule has 0 unspecified atom stereocenters. The molecule has 0 aliphatic rings. The van der Waals surface area contributed by atoms with Crippen molar-refractivity contribution in [2.75, 3.05) is 20.2 Å². The molecule has 19 heavy (non-hydrogen) atoms. The maximum atomic E-state index is 8.96.